The van der Waals surface area contributed by atoms with Gasteiger partial charge in [-0.15, -0.1) is 0 Å². The van der Waals surface area contributed by atoms with Crippen molar-refractivity contribution in [2.45, 2.75) is 45.5 Å². The van der Waals surface area contributed by atoms with Gasteiger partial charge in [0, 0.05) is 38.0 Å². The highest BCUT2D eigenvalue weighted by atomic mass is 32.2. The molecular formula is C17H25F3N2O3S. The van der Waals surface area contributed by atoms with Gasteiger partial charge in [0.1, 0.15) is 6.29 Å². The molecule has 0 spiro atoms. The number of aldehydes is 1. The molecular weight excluding hydrogens is 369 g/mol. The fraction of sp³-hybridized carbons (Fsp3) is 0.706. The zero-order valence-electron chi connectivity index (χ0n) is 15.3. The number of carbonyl (C=O) groups is 1. The predicted molar refractivity (Wildman–Crippen MR) is 92.6 cm³/mol. The van der Waals surface area contributed by atoms with E-state index < -0.39 is 15.5 Å². The maximum absolute atomic E-state index is 12.7. The molecule has 0 aromatic rings. The highest BCUT2D eigenvalue weighted by Crippen LogP contribution is 2.44. The second kappa shape index (κ2) is 7.34. The van der Waals surface area contributed by atoms with Crippen LogP contribution in [0.5, 0.6) is 0 Å². The van der Waals surface area contributed by atoms with E-state index in [4.69, 9.17) is 0 Å². The summed E-state index contributed by atoms with van der Waals surface area (Å²) < 4.78 is 61.8. The second-order valence-electron chi connectivity index (χ2n) is 7.42. The van der Waals surface area contributed by atoms with Gasteiger partial charge in [-0.1, -0.05) is 19.4 Å². The Kier molecular flexibility index (Phi) is 5.92. The Bertz CT molecular complexity index is 716. The Balaban J connectivity index is 2.26. The van der Waals surface area contributed by atoms with Gasteiger partial charge in [0.05, 0.1) is 0 Å². The first-order valence-corrected chi connectivity index (χ1v) is 10.0. The number of hydrogen-bond donors (Lipinski definition) is 0. The third-order valence-corrected chi connectivity index (χ3v) is 6.78. The van der Waals surface area contributed by atoms with E-state index in [-0.39, 0.29) is 31.6 Å². The third kappa shape index (κ3) is 3.98. The summed E-state index contributed by atoms with van der Waals surface area (Å²) in [5.41, 5.74) is -2.53. The van der Waals surface area contributed by atoms with Gasteiger partial charge in [0.15, 0.2) is 0 Å². The average Bonchev–Trinajstić information content (AvgIpc) is 2.52. The average molecular weight is 394 g/mol. The number of hydrogen-bond acceptors (Lipinski definition) is 4. The van der Waals surface area contributed by atoms with Crippen LogP contribution in [0.25, 0.3) is 0 Å². The monoisotopic (exact) mass is 394 g/mol. The van der Waals surface area contributed by atoms with Crippen molar-refractivity contribution in [1.29, 1.82) is 0 Å². The Morgan fingerprint density at radius 3 is 2.19 bits per heavy atom. The van der Waals surface area contributed by atoms with Crippen LogP contribution in [0.4, 0.5) is 13.2 Å². The number of alkyl halides is 3. The van der Waals surface area contributed by atoms with Gasteiger partial charge in [-0.3, -0.25) is 4.79 Å². The Morgan fingerprint density at radius 1 is 1.15 bits per heavy atom. The molecule has 2 rings (SSSR count). The molecule has 0 N–H and O–H groups in total. The Morgan fingerprint density at radius 2 is 1.73 bits per heavy atom. The number of piperazine rings is 1. The minimum Gasteiger partial charge on any atom is -0.369 e. The smallest absolute Gasteiger partial charge is 0.369 e. The minimum absolute atomic E-state index is 0.113. The van der Waals surface area contributed by atoms with E-state index in [9.17, 15) is 26.4 Å². The molecule has 26 heavy (non-hydrogen) atoms. The van der Waals surface area contributed by atoms with Crippen LogP contribution in [0.1, 0.15) is 40.0 Å². The number of rotatable bonds is 4. The molecule has 0 aromatic heterocycles. The zero-order chi connectivity index (χ0) is 19.8. The molecule has 1 heterocycles. The lowest BCUT2D eigenvalue weighted by Crippen LogP contribution is -2.52. The summed E-state index contributed by atoms with van der Waals surface area (Å²) in [6, 6.07) is 0. The first-order valence-electron chi connectivity index (χ1n) is 8.59. The molecule has 0 unspecified atom stereocenters. The third-order valence-electron chi connectivity index (χ3n) is 5.15. The maximum atomic E-state index is 12.7. The van der Waals surface area contributed by atoms with Gasteiger partial charge in [-0.25, -0.2) is 8.42 Å². The maximum Gasteiger partial charge on any atom is 0.511 e. The number of halogens is 3. The fourth-order valence-electron chi connectivity index (χ4n) is 3.92. The van der Waals surface area contributed by atoms with Crippen molar-refractivity contribution in [3.63, 3.8) is 0 Å². The van der Waals surface area contributed by atoms with E-state index in [1.807, 2.05) is 11.8 Å². The van der Waals surface area contributed by atoms with Crippen LogP contribution in [0, 0.1) is 5.41 Å². The fourth-order valence-corrected chi connectivity index (χ4v) is 4.85. The van der Waals surface area contributed by atoms with Crippen LogP contribution in [0.3, 0.4) is 0 Å². The minimum atomic E-state index is -5.31. The van der Waals surface area contributed by atoms with Gasteiger partial charge in [0.2, 0.25) is 0 Å². The van der Waals surface area contributed by atoms with Crippen LogP contribution in [-0.2, 0) is 14.8 Å². The second-order valence-corrected chi connectivity index (χ2v) is 9.35. The number of carbonyl (C=O) groups excluding carboxylic acids is 1. The summed E-state index contributed by atoms with van der Waals surface area (Å²) in [5.74, 6) is 0. The van der Waals surface area contributed by atoms with Crippen LogP contribution >= 0.6 is 0 Å². The van der Waals surface area contributed by atoms with Crippen LogP contribution in [0.15, 0.2) is 22.9 Å². The van der Waals surface area contributed by atoms with Gasteiger partial charge in [-0.05, 0) is 37.2 Å². The highest BCUT2D eigenvalue weighted by Gasteiger charge is 2.50. The number of allylic oxidation sites excluding steroid dienone is 3. The highest BCUT2D eigenvalue weighted by molar-refractivity contribution is 7.90. The normalized spacial score (nSPS) is 23.3. The summed E-state index contributed by atoms with van der Waals surface area (Å²) in [6.07, 6.45) is 5.04. The van der Waals surface area contributed by atoms with E-state index in [0.717, 1.165) is 24.8 Å². The van der Waals surface area contributed by atoms with Crippen molar-refractivity contribution in [3.05, 3.63) is 22.9 Å². The molecule has 1 saturated heterocycles. The van der Waals surface area contributed by atoms with Crippen molar-refractivity contribution in [2.24, 2.45) is 5.41 Å². The number of sulfonamides is 1. The first kappa shape index (κ1) is 21.0. The summed E-state index contributed by atoms with van der Waals surface area (Å²) in [6.45, 7) is 5.90. The lowest BCUT2D eigenvalue weighted by atomic mass is 9.71. The molecule has 148 valence electrons. The molecule has 1 fully saturated rings. The number of nitrogens with zero attached hydrogens (tertiary/aromatic N) is 2. The Hall–Kier alpha value is -1.35. The summed E-state index contributed by atoms with van der Waals surface area (Å²) in [5, 5.41) is 0. The molecule has 0 bridgehead atoms. The standard InChI is InChI=1S/C17H25F3N2O3S/c1-13-5-4-7-16(2,3)15(13)14(6-12-23)21-8-10-22(11-9-21)26(24,25)17(18,19)20/h6,12H,4-5,7-11H2,1-3H3. The molecule has 0 amide bonds. The largest absolute Gasteiger partial charge is 0.511 e. The predicted octanol–water partition coefficient (Wildman–Crippen LogP) is 3.06. The van der Waals surface area contributed by atoms with Crippen molar-refractivity contribution in [1.82, 2.24) is 9.21 Å². The van der Waals surface area contributed by atoms with Gasteiger partial charge in [0.25, 0.3) is 0 Å². The van der Waals surface area contributed by atoms with Crippen LogP contribution in [-0.4, -0.2) is 55.6 Å². The quantitative estimate of drug-likeness (QED) is 0.543. The van der Waals surface area contributed by atoms with Gasteiger partial charge >= 0.3 is 15.5 Å². The topological polar surface area (TPSA) is 57.7 Å². The van der Waals surface area contributed by atoms with E-state index in [0.29, 0.717) is 16.3 Å². The molecule has 0 atom stereocenters. The van der Waals surface area contributed by atoms with E-state index in [1.54, 1.807) is 0 Å². The van der Waals surface area contributed by atoms with Gasteiger partial charge < -0.3 is 4.90 Å². The van der Waals surface area contributed by atoms with Crippen molar-refractivity contribution < 1.29 is 26.4 Å². The zero-order valence-corrected chi connectivity index (χ0v) is 16.1. The SMILES string of the molecule is CC1=C(C(=CC=O)N2CCN(S(=O)(=O)C(F)(F)F)CC2)C(C)(C)CCC1. The summed E-state index contributed by atoms with van der Waals surface area (Å²) >= 11 is 0. The summed E-state index contributed by atoms with van der Waals surface area (Å²) in [4.78, 5) is 13.0. The lowest BCUT2D eigenvalue weighted by molar-refractivity contribution is -0.104. The first-order chi connectivity index (χ1) is 11.9. The summed E-state index contributed by atoms with van der Waals surface area (Å²) in [7, 11) is -5.31. The molecule has 0 radical (unpaired) electrons. The van der Waals surface area contributed by atoms with E-state index >= 15 is 0 Å². The molecule has 0 saturated carbocycles. The van der Waals surface area contributed by atoms with E-state index in [2.05, 4.69) is 13.8 Å². The van der Waals surface area contributed by atoms with Crippen molar-refractivity contribution in [3.8, 4) is 0 Å². The Labute approximate surface area is 152 Å². The van der Waals surface area contributed by atoms with Crippen LogP contribution in [0.2, 0.25) is 0 Å². The molecule has 1 aliphatic carbocycles. The van der Waals surface area contributed by atoms with E-state index in [1.165, 1.54) is 11.6 Å². The lowest BCUT2D eigenvalue weighted by Gasteiger charge is -2.42. The molecule has 0 aromatic carbocycles. The van der Waals surface area contributed by atoms with Gasteiger partial charge in [-0.2, -0.15) is 17.5 Å². The molecule has 1 aliphatic heterocycles. The molecule has 9 heteroatoms. The molecule has 5 nitrogen and oxygen atoms in total. The van der Waals surface area contributed by atoms with Crippen molar-refractivity contribution in [2.75, 3.05) is 26.2 Å². The molecule has 2 aliphatic rings. The van der Waals surface area contributed by atoms with Crippen molar-refractivity contribution >= 4 is 16.3 Å². The van der Waals surface area contributed by atoms with Crippen LogP contribution < -0.4 is 0 Å².